The van der Waals surface area contributed by atoms with Gasteiger partial charge < -0.3 is 9.32 Å². The Morgan fingerprint density at radius 3 is 2.62 bits per heavy atom. The summed E-state index contributed by atoms with van der Waals surface area (Å²) in [6.07, 6.45) is 4.63. The topological polar surface area (TPSA) is 104 Å². The number of Topliss-reactive ketones (excluding diaryl/α,β-unsaturated/α-hetero) is 1. The van der Waals surface area contributed by atoms with Crippen molar-refractivity contribution in [3.8, 4) is 0 Å². The van der Waals surface area contributed by atoms with Crippen LogP contribution in [-0.2, 0) is 11.2 Å². The first kappa shape index (κ1) is 19.5. The molecular weight excluding hydrogens is 372 g/mol. The third-order valence-electron chi connectivity index (χ3n) is 5.62. The molecule has 1 aliphatic carbocycles. The largest absolute Gasteiger partial charge is 0.428 e. The van der Waals surface area contributed by atoms with Crippen molar-refractivity contribution in [3.63, 3.8) is 0 Å². The molecule has 9 nitrogen and oxygen atoms in total. The Hall–Kier alpha value is -2.81. The van der Waals surface area contributed by atoms with Gasteiger partial charge in [0, 0.05) is 51.4 Å². The van der Waals surface area contributed by atoms with Gasteiger partial charge in [-0.05, 0) is 17.9 Å². The van der Waals surface area contributed by atoms with E-state index in [1.165, 1.54) is 0 Å². The fourth-order valence-corrected chi connectivity index (χ4v) is 3.80. The molecule has 1 fully saturated rings. The predicted octanol–water partition coefficient (Wildman–Crippen LogP) is 1.63. The molecule has 2 aliphatic rings. The number of nitrogens with zero attached hydrogens (tertiary/aromatic N) is 5. The second-order valence-corrected chi connectivity index (χ2v) is 7.99. The van der Waals surface area contributed by atoms with E-state index in [2.05, 4.69) is 43.9 Å². The standard InChI is InChI=1S/C20H26N6O3/c1-13(2)14-10-15(27)18-16(11-14)29-20(24-18)23-17(28)12-25-6-8-26(9-7-25)19-21-4-3-5-22-19/h3-5,13-14H,6-12H2,1-2H3,(H,23,24,28). The number of nitrogens with one attached hydrogen (secondary N) is 1. The highest BCUT2D eigenvalue weighted by atomic mass is 16.4. The number of piperazine rings is 1. The summed E-state index contributed by atoms with van der Waals surface area (Å²) in [6.45, 7) is 7.45. The lowest BCUT2D eigenvalue weighted by atomic mass is 9.82. The molecule has 2 aromatic heterocycles. The van der Waals surface area contributed by atoms with Crippen LogP contribution in [0.1, 0.15) is 36.5 Å². The van der Waals surface area contributed by atoms with Crippen molar-refractivity contribution < 1.29 is 14.0 Å². The molecule has 0 saturated carbocycles. The van der Waals surface area contributed by atoms with Crippen LogP contribution in [0.3, 0.4) is 0 Å². The number of ketones is 1. The van der Waals surface area contributed by atoms with Gasteiger partial charge in [-0.1, -0.05) is 13.8 Å². The van der Waals surface area contributed by atoms with Gasteiger partial charge >= 0.3 is 6.01 Å². The number of hydrogen-bond donors (Lipinski definition) is 1. The number of carbonyl (C=O) groups is 2. The third-order valence-corrected chi connectivity index (χ3v) is 5.62. The first-order valence-corrected chi connectivity index (χ1v) is 10.1. The third kappa shape index (κ3) is 4.45. The quantitative estimate of drug-likeness (QED) is 0.810. The van der Waals surface area contributed by atoms with Crippen LogP contribution in [0.5, 0.6) is 0 Å². The lowest BCUT2D eigenvalue weighted by molar-refractivity contribution is -0.117. The molecule has 2 aromatic rings. The van der Waals surface area contributed by atoms with Crippen molar-refractivity contribution in [2.45, 2.75) is 26.7 Å². The Morgan fingerprint density at radius 1 is 1.21 bits per heavy atom. The van der Waals surface area contributed by atoms with Gasteiger partial charge in [0.15, 0.2) is 5.78 Å². The summed E-state index contributed by atoms with van der Waals surface area (Å²) in [5, 5.41) is 2.71. The van der Waals surface area contributed by atoms with Crippen LogP contribution in [0.25, 0.3) is 0 Å². The molecule has 0 bridgehead atoms. The summed E-state index contributed by atoms with van der Waals surface area (Å²) in [4.78, 5) is 41.7. The Bertz CT molecular complexity index is 874. The summed E-state index contributed by atoms with van der Waals surface area (Å²) in [5.74, 6) is 1.76. The number of fused-ring (bicyclic) bond motifs is 1. The van der Waals surface area contributed by atoms with Gasteiger partial charge in [-0.2, -0.15) is 4.98 Å². The predicted molar refractivity (Wildman–Crippen MR) is 107 cm³/mol. The van der Waals surface area contributed by atoms with Crippen LogP contribution in [0, 0.1) is 11.8 Å². The van der Waals surface area contributed by atoms with E-state index in [4.69, 9.17) is 4.42 Å². The minimum Gasteiger partial charge on any atom is -0.428 e. The molecule has 1 amide bonds. The summed E-state index contributed by atoms with van der Waals surface area (Å²) < 4.78 is 5.68. The zero-order chi connectivity index (χ0) is 20.4. The van der Waals surface area contributed by atoms with Gasteiger partial charge in [0.05, 0.1) is 6.54 Å². The molecule has 0 radical (unpaired) electrons. The molecule has 4 rings (SSSR count). The lowest BCUT2D eigenvalue weighted by Crippen LogP contribution is -2.49. The fraction of sp³-hybridized carbons (Fsp3) is 0.550. The molecule has 154 valence electrons. The van der Waals surface area contributed by atoms with Crippen LogP contribution >= 0.6 is 0 Å². The van der Waals surface area contributed by atoms with Crippen LogP contribution in [0.15, 0.2) is 22.9 Å². The molecule has 0 spiro atoms. The van der Waals surface area contributed by atoms with Gasteiger partial charge in [-0.15, -0.1) is 0 Å². The summed E-state index contributed by atoms with van der Waals surface area (Å²) in [7, 11) is 0. The van der Waals surface area contributed by atoms with Gasteiger partial charge in [-0.25, -0.2) is 9.97 Å². The van der Waals surface area contributed by atoms with E-state index in [0.717, 1.165) is 26.2 Å². The Kier molecular flexibility index (Phi) is 5.57. The Labute approximate surface area is 169 Å². The Morgan fingerprint density at radius 2 is 1.93 bits per heavy atom. The number of aromatic nitrogens is 3. The maximum absolute atomic E-state index is 12.4. The molecule has 1 aliphatic heterocycles. The van der Waals surface area contributed by atoms with E-state index in [0.29, 0.717) is 36.2 Å². The van der Waals surface area contributed by atoms with E-state index < -0.39 is 0 Å². The van der Waals surface area contributed by atoms with Gasteiger partial charge in [0.25, 0.3) is 0 Å². The van der Waals surface area contributed by atoms with Crippen molar-refractivity contribution in [2.24, 2.45) is 11.8 Å². The van der Waals surface area contributed by atoms with Crippen LogP contribution in [-0.4, -0.2) is 64.3 Å². The van der Waals surface area contributed by atoms with E-state index in [1.807, 2.05) is 0 Å². The zero-order valence-corrected chi connectivity index (χ0v) is 16.8. The number of carbonyl (C=O) groups excluding carboxylic acids is 2. The van der Waals surface area contributed by atoms with Gasteiger partial charge in [0.1, 0.15) is 11.5 Å². The van der Waals surface area contributed by atoms with E-state index in [-0.39, 0.29) is 30.2 Å². The average molecular weight is 398 g/mol. The molecule has 9 heteroatoms. The molecule has 1 unspecified atom stereocenters. The molecule has 1 atom stereocenters. The minimum atomic E-state index is -0.194. The average Bonchev–Trinajstić information content (AvgIpc) is 3.12. The zero-order valence-electron chi connectivity index (χ0n) is 16.8. The summed E-state index contributed by atoms with van der Waals surface area (Å²) in [5.41, 5.74) is 0.369. The minimum absolute atomic E-state index is 0.00606. The van der Waals surface area contributed by atoms with E-state index in [1.54, 1.807) is 18.5 Å². The van der Waals surface area contributed by atoms with Crippen LogP contribution in [0.2, 0.25) is 0 Å². The second kappa shape index (κ2) is 8.28. The van der Waals surface area contributed by atoms with Crippen LogP contribution in [0.4, 0.5) is 12.0 Å². The molecular formula is C20H26N6O3. The molecule has 1 saturated heterocycles. The number of hydrogen-bond acceptors (Lipinski definition) is 8. The van der Waals surface area contributed by atoms with E-state index in [9.17, 15) is 9.59 Å². The lowest BCUT2D eigenvalue weighted by Gasteiger charge is -2.34. The second-order valence-electron chi connectivity index (χ2n) is 7.99. The van der Waals surface area contributed by atoms with Gasteiger partial charge in [0.2, 0.25) is 11.9 Å². The van der Waals surface area contributed by atoms with Crippen molar-refractivity contribution in [1.82, 2.24) is 19.9 Å². The number of anilines is 2. The first-order chi connectivity index (χ1) is 14.0. The van der Waals surface area contributed by atoms with Crippen LogP contribution < -0.4 is 10.2 Å². The molecule has 0 aromatic carbocycles. The number of amides is 1. The highest BCUT2D eigenvalue weighted by molar-refractivity contribution is 5.97. The molecule has 29 heavy (non-hydrogen) atoms. The highest BCUT2D eigenvalue weighted by Gasteiger charge is 2.32. The van der Waals surface area contributed by atoms with Gasteiger partial charge in [-0.3, -0.25) is 19.8 Å². The highest BCUT2D eigenvalue weighted by Crippen LogP contribution is 2.31. The number of rotatable bonds is 5. The van der Waals surface area contributed by atoms with Crippen molar-refractivity contribution in [2.75, 3.05) is 42.9 Å². The van der Waals surface area contributed by atoms with Crippen molar-refractivity contribution in [3.05, 3.63) is 29.9 Å². The summed E-state index contributed by atoms with van der Waals surface area (Å²) >= 11 is 0. The molecule has 3 heterocycles. The Balaban J connectivity index is 1.30. The molecule has 1 N–H and O–H groups in total. The first-order valence-electron chi connectivity index (χ1n) is 10.1. The number of oxazole rings is 1. The monoisotopic (exact) mass is 398 g/mol. The maximum Gasteiger partial charge on any atom is 0.302 e. The fourth-order valence-electron chi connectivity index (χ4n) is 3.80. The maximum atomic E-state index is 12.4. The summed E-state index contributed by atoms with van der Waals surface area (Å²) in [6, 6.07) is 1.91. The van der Waals surface area contributed by atoms with Crippen molar-refractivity contribution >= 4 is 23.7 Å². The normalized spacial score (nSPS) is 20.0. The van der Waals surface area contributed by atoms with Crippen molar-refractivity contribution in [1.29, 1.82) is 0 Å². The SMILES string of the molecule is CC(C)C1CC(=O)c2nc(NC(=O)CN3CCN(c4ncccn4)CC3)oc2C1. The smallest absolute Gasteiger partial charge is 0.302 e. The van der Waals surface area contributed by atoms with E-state index >= 15 is 0 Å².